The summed E-state index contributed by atoms with van der Waals surface area (Å²) in [7, 11) is 0. The fraction of sp³-hybridized carbons (Fsp3) is 0.312. The van der Waals surface area contributed by atoms with E-state index < -0.39 is 0 Å². The fourth-order valence-corrected chi connectivity index (χ4v) is 2.18. The zero-order chi connectivity index (χ0) is 14.8. The lowest BCUT2D eigenvalue weighted by molar-refractivity contribution is 0.305. The van der Waals surface area contributed by atoms with Gasteiger partial charge in [0.1, 0.15) is 17.5 Å². The van der Waals surface area contributed by atoms with E-state index >= 15 is 0 Å². The molecular formula is C16H17Cl2NO. The van der Waals surface area contributed by atoms with Crippen LogP contribution >= 0.6 is 23.2 Å². The minimum absolute atomic E-state index is 0.0961. The van der Waals surface area contributed by atoms with Gasteiger partial charge in [0, 0.05) is 11.8 Å². The van der Waals surface area contributed by atoms with Gasteiger partial charge < -0.3 is 4.74 Å². The van der Waals surface area contributed by atoms with Gasteiger partial charge in [0.25, 0.3) is 0 Å². The Labute approximate surface area is 129 Å². The van der Waals surface area contributed by atoms with Crippen LogP contribution in [0.2, 0.25) is 10.2 Å². The van der Waals surface area contributed by atoms with Crippen LogP contribution in [0.5, 0.6) is 5.75 Å². The van der Waals surface area contributed by atoms with E-state index in [9.17, 15) is 0 Å². The SMILES string of the molecule is CC(C)(C)c1cccc(OCc2cnc(Cl)cc2Cl)c1. The predicted molar refractivity (Wildman–Crippen MR) is 83.7 cm³/mol. The minimum atomic E-state index is 0.0961. The highest BCUT2D eigenvalue weighted by Gasteiger charge is 2.14. The molecule has 0 spiro atoms. The van der Waals surface area contributed by atoms with Gasteiger partial charge in [-0.25, -0.2) is 4.98 Å². The van der Waals surface area contributed by atoms with E-state index in [0.717, 1.165) is 11.3 Å². The Morgan fingerprint density at radius 3 is 2.55 bits per heavy atom. The summed E-state index contributed by atoms with van der Waals surface area (Å²) in [4.78, 5) is 4.01. The molecule has 0 aliphatic rings. The Hall–Kier alpha value is -1.25. The van der Waals surface area contributed by atoms with Crippen molar-refractivity contribution in [2.75, 3.05) is 0 Å². The molecule has 2 nitrogen and oxygen atoms in total. The summed E-state index contributed by atoms with van der Waals surface area (Å²) in [6.45, 7) is 6.89. The van der Waals surface area contributed by atoms with Crippen LogP contribution in [0.3, 0.4) is 0 Å². The van der Waals surface area contributed by atoms with Crippen LogP contribution < -0.4 is 4.74 Å². The summed E-state index contributed by atoms with van der Waals surface area (Å²) in [5.74, 6) is 0.823. The van der Waals surface area contributed by atoms with E-state index in [1.165, 1.54) is 5.56 Å². The van der Waals surface area contributed by atoms with Crippen LogP contribution in [0.4, 0.5) is 0 Å². The third-order valence-electron chi connectivity index (χ3n) is 2.99. The average Bonchev–Trinajstić information content (AvgIpc) is 2.37. The summed E-state index contributed by atoms with van der Waals surface area (Å²) in [5, 5.41) is 0.949. The van der Waals surface area contributed by atoms with Gasteiger partial charge in [-0.2, -0.15) is 0 Å². The molecule has 106 valence electrons. The molecule has 4 heteroatoms. The van der Waals surface area contributed by atoms with Gasteiger partial charge in [-0.3, -0.25) is 0 Å². The molecule has 2 rings (SSSR count). The first-order valence-corrected chi connectivity index (χ1v) is 7.15. The van der Waals surface area contributed by atoms with Gasteiger partial charge in [-0.1, -0.05) is 56.1 Å². The summed E-state index contributed by atoms with van der Waals surface area (Å²) in [6, 6.07) is 9.71. The van der Waals surface area contributed by atoms with Crippen molar-refractivity contribution < 1.29 is 4.74 Å². The van der Waals surface area contributed by atoms with Gasteiger partial charge in [0.2, 0.25) is 0 Å². The second-order valence-corrected chi connectivity index (χ2v) is 6.46. The molecule has 20 heavy (non-hydrogen) atoms. The van der Waals surface area contributed by atoms with E-state index in [2.05, 4.69) is 37.9 Å². The number of ether oxygens (including phenoxy) is 1. The predicted octanol–water partition coefficient (Wildman–Crippen LogP) is 5.26. The first-order valence-electron chi connectivity index (χ1n) is 6.39. The highest BCUT2D eigenvalue weighted by molar-refractivity contribution is 6.34. The standard InChI is InChI=1S/C16H17Cl2NO/c1-16(2,3)12-5-4-6-13(7-12)20-10-11-9-19-15(18)8-14(11)17/h4-9H,10H2,1-3H3. The zero-order valence-corrected chi connectivity index (χ0v) is 13.3. The molecule has 1 aromatic heterocycles. The number of hydrogen-bond donors (Lipinski definition) is 0. The van der Waals surface area contributed by atoms with E-state index in [0.29, 0.717) is 16.8 Å². The molecule has 2 aromatic rings. The third-order valence-corrected chi connectivity index (χ3v) is 3.55. The minimum Gasteiger partial charge on any atom is -0.489 e. The van der Waals surface area contributed by atoms with Crippen molar-refractivity contribution in [1.29, 1.82) is 0 Å². The monoisotopic (exact) mass is 309 g/mol. The van der Waals surface area contributed by atoms with E-state index in [-0.39, 0.29) is 5.41 Å². The van der Waals surface area contributed by atoms with Crippen LogP contribution in [0.25, 0.3) is 0 Å². The Kier molecular flexibility index (Phi) is 4.56. The number of halogens is 2. The highest BCUT2D eigenvalue weighted by atomic mass is 35.5. The number of hydrogen-bond acceptors (Lipinski definition) is 2. The lowest BCUT2D eigenvalue weighted by Crippen LogP contribution is -2.11. The van der Waals surface area contributed by atoms with Crippen LogP contribution in [0.15, 0.2) is 36.5 Å². The average molecular weight is 310 g/mol. The molecule has 1 heterocycles. The molecule has 0 atom stereocenters. The maximum absolute atomic E-state index is 6.10. The quantitative estimate of drug-likeness (QED) is 0.721. The van der Waals surface area contributed by atoms with Gasteiger partial charge in [0.05, 0.1) is 5.02 Å². The third kappa shape index (κ3) is 3.87. The van der Waals surface area contributed by atoms with Gasteiger partial charge in [-0.15, -0.1) is 0 Å². The molecule has 0 N–H and O–H groups in total. The number of aromatic nitrogens is 1. The maximum atomic E-state index is 6.10. The van der Waals surface area contributed by atoms with Crippen LogP contribution in [-0.2, 0) is 12.0 Å². The Morgan fingerprint density at radius 1 is 1.15 bits per heavy atom. The lowest BCUT2D eigenvalue weighted by atomic mass is 9.87. The van der Waals surface area contributed by atoms with Gasteiger partial charge >= 0.3 is 0 Å². The second-order valence-electron chi connectivity index (χ2n) is 5.66. The van der Waals surface area contributed by atoms with Crippen LogP contribution in [0, 0.1) is 0 Å². The summed E-state index contributed by atoms with van der Waals surface area (Å²) >= 11 is 11.9. The Balaban J connectivity index is 2.11. The first-order chi connectivity index (χ1) is 9.36. The topological polar surface area (TPSA) is 22.1 Å². The largest absolute Gasteiger partial charge is 0.489 e. The number of nitrogens with zero attached hydrogens (tertiary/aromatic N) is 1. The highest BCUT2D eigenvalue weighted by Crippen LogP contribution is 2.26. The van der Waals surface area contributed by atoms with Crippen molar-refractivity contribution in [3.05, 3.63) is 57.8 Å². The molecule has 0 unspecified atom stereocenters. The number of pyridine rings is 1. The van der Waals surface area contributed by atoms with Crippen molar-refractivity contribution in [2.45, 2.75) is 32.8 Å². The van der Waals surface area contributed by atoms with Crippen molar-refractivity contribution in [3.63, 3.8) is 0 Å². The molecule has 1 aromatic carbocycles. The second kappa shape index (κ2) is 6.02. The molecule has 0 radical (unpaired) electrons. The molecular weight excluding hydrogens is 293 g/mol. The molecule has 0 bridgehead atoms. The smallest absolute Gasteiger partial charge is 0.130 e. The van der Waals surface area contributed by atoms with Crippen LogP contribution in [0.1, 0.15) is 31.9 Å². The van der Waals surface area contributed by atoms with Gasteiger partial charge in [0.15, 0.2) is 0 Å². The van der Waals surface area contributed by atoms with Crippen molar-refractivity contribution in [2.24, 2.45) is 0 Å². The van der Waals surface area contributed by atoms with Gasteiger partial charge in [-0.05, 0) is 29.2 Å². The van der Waals surface area contributed by atoms with Crippen molar-refractivity contribution in [1.82, 2.24) is 4.98 Å². The molecule has 0 aliphatic carbocycles. The van der Waals surface area contributed by atoms with Crippen molar-refractivity contribution >= 4 is 23.2 Å². The summed E-state index contributed by atoms with van der Waals surface area (Å²) in [5.41, 5.74) is 2.14. The maximum Gasteiger partial charge on any atom is 0.130 e. The first kappa shape index (κ1) is 15.1. The Morgan fingerprint density at radius 2 is 1.90 bits per heavy atom. The van der Waals surface area contributed by atoms with E-state index in [1.807, 2.05) is 12.1 Å². The van der Waals surface area contributed by atoms with Crippen LogP contribution in [-0.4, -0.2) is 4.98 Å². The number of benzene rings is 1. The molecule has 0 saturated carbocycles. The summed E-state index contributed by atoms with van der Waals surface area (Å²) < 4.78 is 5.78. The lowest BCUT2D eigenvalue weighted by Gasteiger charge is -2.19. The zero-order valence-electron chi connectivity index (χ0n) is 11.8. The molecule has 0 amide bonds. The fourth-order valence-electron chi connectivity index (χ4n) is 1.76. The Bertz CT molecular complexity index is 606. The molecule has 0 fully saturated rings. The van der Waals surface area contributed by atoms with E-state index in [4.69, 9.17) is 27.9 Å². The summed E-state index contributed by atoms with van der Waals surface area (Å²) in [6.07, 6.45) is 1.64. The normalized spacial score (nSPS) is 11.4. The number of rotatable bonds is 3. The van der Waals surface area contributed by atoms with Crippen molar-refractivity contribution in [3.8, 4) is 5.75 Å². The molecule has 0 aliphatic heterocycles. The van der Waals surface area contributed by atoms with E-state index in [1.54, 1.807) is 12.3 Å². The molecule has 0 saturated heterocycles.